The van der Waals surface area contributed by atoms with E-state index in [9.17, 15) is 9.90 Å². The molecule has 0 saturated heterocycles. The predicted octanol–water partition coefficient (Wildman–Crippen LogP) is 8.16. The number of unbranched alkanes of at least 4 members (excludes halogenated alkanes) is 3. The molecule has 0 aromatic carbocycles. The minimum absolute atomic E-state index is 0.211. The number of carbonyl (C=O) groups is 1. The number of anilines is 5. The number of aryl methyl sites for hydroxylation is 5. The summed E-state index contributed by atoms with van der Waals surface area (Å²) in [7, 11) is 1.38. The fraction of sp³-hybridized carbons (Fsp3) is 0.435. The fourth-order valence-electron chi connectivity index (χ4n) is 4.97. The molecule has 5 heterocycles. The minimum Gasteiger partial charge on any atom is -0.469 e. The molecule has 0 aliphatic rings. The molecule has 0 spiro atoms. The lowest BCUT2D eigenvalue weighted by Gasteiger charge is -2.16. The molecular formula is C46H70N10O3. The third-order valence-electron chi connectivity index (χ3n) is 8.54. The maximum Gasteiger partial charge on any atom is 0.305 e. The Labute approximate surface area is 352 Å². The van der Waals surface area contributed by atoms with Gasteiger partial charge in [-0.3, -0.25) is 4.79 Å². The van der Waals surface area contributed by atoms with Crippen molar-refractivity contribution >= 4 is 35.1 Å². The molecule has 5 aromatic rings. The molecule has 13 nitrogen and oxygen atoms in total. The van der Waals surface area contributed by atoms with Crippen LogP contribution in [0.5, 0.6) is 0 Å². The molecule has 0 saturated carbocycles. The van der Waals surface area contributed by atoms with Gasteiger partial charge < -0.3 is 38.5 Å². The lowest BCUT2D eigenvalue weighted by atomic mass is 10.00. The molecule has 13 heteroatoms. The Morgan fingerprint density at radius 1 is 0.508 bits per heavy atom. The molecule has 5 rings (SSSR count). The van der Waals surface area contributed by atoms with E-state index in [-0.39, 0.29) is 5.97 Å². The van der Waals surface area contributed by atoms with Gasteiger partial charge in [0.15, 0.2) is 0 Å². The van der Waals surface area contributed by atoms with Gasteiger partial charge in [-0.25, -0.2) is 24.9 Å². The smallest absolute Gasteiger partial charge is 0.305 e. The van der Waals surface area contributed by atoms with Crippen molar-refractivity contribution in [2.24, 2.45) is 0 Å². The first kappa shape index (κ1) is 51.2. The second-order valence-electron chi connectivity index (χ2n) is 14.7. The summed E-state index contributed by atoms with van der Waals surface area (Å²) in [5.41, 5.74) is 32.5. The van der Waals surface area contributed by atoms with Crippen molar-refractivity contribution in [2.45, 2.75) is 124 Å². The standard InChI is InChI=1S/C10H16N2O.C10H16N2.C9H12N2O2.C9H14N2.C8H12N2/c1-10(2,13)6-5-8-3-4-9(11)12-7-8;1-2-3-4-5-9-6-7-10(11)12-8-9;1-13-9(12)5-3-7-2-4-8(10)11-6-7;1-2-3-4-8-5-6-9(10)11-7-8;1-2-3-7-4-5-8(9)10-6-7/h3-4,7,13H,5-6H2,1-2H3,(H2,11,12);6-8H,2-5H2,1H3,(H2,11,12);2,4,6H,3,5H2,1H3,(H2,10,11);5-7H,2-4H2,1H3,(H2,10,11);4-6H,2-3H2,1H3,(H2,9,10). The number of pyridine rings is 5. The molecule has 0 fully saturated rings. The van der Waals surface area contributed by atoms with E-state index in [1.165, 1.54) is 55.9 Å². The molecule has 0 bridgehead atoms. The van der Waals surface area contributed by atoms with Crippen LogP contribution in [0.25, 0.3) is 0 Å². The average molecular weight is 811 g/mol. The summed E-state index contributed by atoms with van der Waals surface area (Å²) in [6, 6.07) is 18.9. The Morgan fingerprint density at radius 3 is 1.15 bits per heavy atom. The SMILES string of the molecule is CC(C)(O)CCc1ccc(N)nc1.CCCCCc1ccc(N)nc1.CCCCc1ccc(N)nc1.CCCc1ccc(N)nc1.COC(=O)CCc1ccc(N)nc1. The Kier molecular flexibility index (Phi) is 26.3. The van der Waals surface area contributed by atoms with Crippen molar-refractivity contribution in [3.05, 3.63) is 119 Å². The van der Waals surface area contributed by atoms with E-state index in [0.29, 0.717) is 41.9 Å². The van der Waals surface area contributed by atoms with Gasteiger partial charge in [0.1, 0.15) is 29.1 Å². The highest BCUT2D eigenvalue weighted by molar-refractivity contribution is 5.69. The van der Waals surface area contributed by atoms with Crippen molar-refractivity contribution in [2.75, 3.05) is 35.8 Å². The van der Waals surface area contributed by atoms with Gasteiger partial charge in [-0.05, 0) is 123 Å². The number of hydrogen-bond donors (Lipinski definition) is 6. The minimum atomic E-state index is -0.610. The maximum atomic E-state index is 10.8. The first-order valence-corrected chi connectivity index (χ1v) is 20.5. The van der Waals surface area contributed by atoms with Crippen LogP contribution >= 0.6 is 0 Å². The molecule has 0 atom stereocenters. The van der Waals surface area contributed by atoms with Crippen LogP contribution in [0, 0.1) is 0 Å². The van der Waals surface area contributed by atoms with Crippen molar-refractivity contribution in [3.8, 4) is 0 Å². The van der Waals surface area contributed by atoms with Crippen LogP contribution in [0.1, 0.15) is 114 Å². The summed E-state index contributed by atoms with van der Waals surface area (Å²) in [5, 5.41) is 9.49. The van der Waals surface area contributed by atoms with Crippen LogP contribution in [0.4, 0.5) is 29.1 Å². The van der Waals surface area contributed by atoms with Gasteiger partial charge >= 0.3 is 5.97 Å². The van der Waals surface area contributed by atoms with E-state index >= 15 is 0 Å². The number of methoxy groups -OCH3 is 1. The van der Waals surface area contributed by atoms with Gasteiger partial charge in [-0.1, -0.05) is 76.8 Å². The maximum absolute atomic E-state index is 10.8. The molecule has 322 valence electrons. The molecule has 0 aliphatic heterocycles. The summed E-state index contributed by atoms with van der Waals surface area (Å²) < 4.78 is 4.51. The van der Waals surface area contributed by atoms with E-state index in [2.05, 4.69) is 56.5 Å². The van der Waals surface area contributed by atoms with E-state index in [1.807, 2.05) is 61.1 Å². The van der Waals surface area contributed by atoms with E-state index in [0.717, 1.165) is 49.7 Å². The number of rotatable bonds is 15. The van der Waals surface area contributed by atoms with E-state index in [1.54, 1.807) is 38.4 Å². The number of aromatic nitrogens is 5. The third-order valence-corrected chi connectivity index (χ3v) is 8.54. The molecule has 0 unspecified atom stereocenters. The molecule has 0 aliphatic carbocycles. The lowest BCUT2D eigenvalue weighted by molar-refractivity contribution is -0.140. The normalized spacial score (nSPS) is 10.2. The molecule has 11 N–H and O–H groups in total. The van der Waals surface area contributed by atoms with Crippen molar-refractivity contribution in [1.82, 2.24) is 24.9 Å². The predicted molar refractivity (Wildman–Crippen MR) is 244 cm³/mol. The zero-order valence-corrected chi connectivity index (χ0v) is 36.2. The van der Waals surface area contributed by atoms with Crippen molar-refractivity contribution in [1.29, 1.82) is 0 Å². The molecular weight excluding hydrogens is 741 g/mol. The monoisotopic (exact) mass is 811 g/mol. The zero-order chi connectivity index (χ0) is 43.9. The first-order valence-electron chi connectivity index (χ1n) is 20.5. The van der Waals surface area contributed by atoms with Gasteiger partial charge in [-0.2, -0.15) is 0 Å². The quantitative estimate of drug-likeness (QED) is 0.0432. The zero-order valence-electron chi connectivity index (χ0n) is 36.2. The van der Waals surface area contributed by atoms with Gasteiger partial charge in [0.2, 0.25) is 0 Å². The molecule has 0 amide bonds. The number of nitrogens with zero attached hydrogens (tertiary/aromatic N) is 5. The highest BCUT2D eigenvalue weighted by Gasteiger charge is 2.12. The third kappa shape index (κ3) is 27.5. The van der Waals surface area contributed by atoms with Crippen LogP contribution in [0.3, 0.4) is 0 Å². The second-order valence-corrected chi connectivity index (χ2v) is 14.7. The topological polar surface area (TPSA) is 241 Å². The number of nitrogen functional groups attached to an aromatic ring is 5. The van der Waals surface area contributed by atoms with Gasteiger partial charge in [0.25, 0.3) is 0 Å². The summed E-state index contributed by atoms with van der Waals surface area (Å²) >= 11 is 0. The number of ether oxygens (including phenoxy) is 1. The van der Waals surface area contributed by atoms with Crippen LogP contribution < -0.4 is 28.7 Å². The number of esters is 1. The van der Waals surface area contributed by atoms with Crippen molar-refractivity contribution < 1.29 is 14.6 Å². The first-order chi connectivity index (χ1) is 28.2. The van der Waals surface area contributed by atoms with Crippen molar-refractivity contribution in [3.63, 3.8) is 0 Å². The van der Waals surface area contributed by atoms with E-state index in [4.69, 9.17) is 28.7 Å². The number of nitrogens with two attached hydrogens (primary N) is 5. The molecule has 0 radical (unpaired) electrons. The summed E-state index contributed by atoms with van der Waals surface area (Å²) in [5.74, 6) is 2.62. The Morgan fingerprint density at radius 2 is 0.847 bits per heavy atom. The number of carbonyl (C=O) groups excluding carboxylic acids is 1. The summed E-state index contributed by atoms with van der Waals surface area (Å²) in [4.78, 5) is 30.7. The highest BCUT2D eigenvalue weighted by atomic mass is 16.5. The Balaban J connectivity index is 0.000000370. The van der Waals surface area contributed by atoms with Gasteiger partial charge in [0, 0.05) is 37.4 Å². The fourth-order valence-corrected chi connectivity index (χ4v) is 4.97. The molecule has 5 aromatic heterocycles. The van der Waals surface area contributed by atoms with Gasteiger partial charge in [0.05, 0.1) is 12.7 Å². The Hall–Kier alpha value is -5.82. The second kappa shape index (κ2) is 30.3. The highest BCUT2D eigenvalue weighted by Crippen LogP contribution is 2.13. The number of hydrogen-bond acceptors (Lipinski definition) is 13. The lowest BCUT2D eigenvalue weighted by Crippen LogP contribution is -2.19. The average Bonchev–Trinajstić information content (AvgIpc) is 3.22. The summed E-state index contributed by atoms with van der Waals surface area (Å²) in [6.07, 6.45) is 22.3. The van der Waals surface area contributed by atoms with Crippen LogP contribution in [0.2, 0.25) is 0 Å². The van der Waals surface area contributed by atoms with Gasteiger partial charge in [-0.15, -0.1) is 0 Å². The summed E-state index contributed by atoms with van der Waals surface area (Å²) in [6.45, 7) is 10.2. The van der Waals surface area contributed by atoms with E-state index < -0.39 is 5.60 Å². The van der Waals surface area contributed by atoms with Crippen LogP contribution in [0.15, 0.2) is 91.6 Å². The Bertz CT molecular complexity index is 1780. The van der Waals surface area contributed by atoms with Crippen LogP contribution in [-0.4, -0.2) is 48.7 Å². The number of aliphatic hydroxyl groups is 1. The molecule has 59 heavy (non-hydrogen) atoms. The van der Waals surface area contributed by atoms with Crippen LogP contribution in [-0.2, 0) is 41.6 Å². The largest absolute Gasteiger partial charge is 0.469 e.